The van der Waals surface area contributed by atoms with Crippen molar-refractivity contribution >= 4 is 23.1 Å². The molecule has 1 aliphatic carbocycles. The third kappa shape index (κ3) is 3.84. The van der Waals surface area contributed by atoms with Crippen LogP contribution in [-0.2, 0) is 19.4 Å². The average Bonchev–Trinajstić information content (AvgIpc) is 2.83. The predicted octanol–water partition coefficient (Wildman–Crippen LogP) is 7.15. The maximum atomic E-state index is 6.55. The summed E-state index contributed by atoms with van der Waals surface area (Å²) in [6, 6.07) is 17.1. The van der Waals surface area contributed by atoms with E-state index >= 15 is 0 Å². The Hall–Kier alpha value is -0.357. The summed E-state index contributed by atoms with van der Waals surface area (Å²) in [5, 5.41) is 0. The van der Waals surface area contributed by atoms with E-state index in [9.17, 15) is 0 Å². The van der Waals surface area contributed by atoms with Gasteiger partial charge in [-0.25, -0.2) is 0 Å². The van der Waals surface area contributed by atoms with Crippen molar-refractivity contribution in [2.45, 2.75) is 30.8 Å². The van der Waals surface area contributed by atoms with Gasteiger partial charge in [-0.2, -0.15) is 0 Å². The summed E-state index contributed by atoms with van der Waals surface area (Å²) >= 11 is -2.44. The van der Waals surface area contributed by atoms with Gasteiger partial charge in [0.1, 0.15) is 0 Å². The third-order valence-corrected chi connectivity index (χ3v) is 9.52. The van der Waals surface area contributed by atoms with Crippen LogP contribution in [-0.4, -0.2) is 0 Å². The van der Waals surface area contributed by atoms with Crippen LogP contribution < -0.4 is 0 Å². The molecule has 0 saturated heterocycles. The van der Waals surface area contributed by atoms with Gasteiger partial charge in [0, 0.05) is 0 Å². The molecule has 0 heterocycles. The van der Waals surface area contributed by atoms with Crippen LogP contribution in [0.1, 0.15) is 41.9 Å². The summed E-state index contributed by atoms with van der Waals surface area (Å²) in [5.41, 5.74) is 6.87. The summed E-state index contributed by atoms with van der Waals surface area (Å²) < 4.78 is 0.290. The third-order valence-electron chi connectivity index (χ3n) is 4.19. The standard InChI is InChI=1S/C20H21.2ClH.Zr/c1-20(2,3)14-15-12-17-10-7-11-18(19(17)13-15)16-8-5-4-6-9-16;;;/h4-13H,14H2,1-3H3;2*1H;/q;;;+2/p-2. The summed E-state index contributed by atoms with van der Waals surface area (Å²) in [4.78, 5) is 0. The van der Waals surface area contributed by atoms with Crippen LogP contribution >= 0.6 is 17.0 Å². The number of allylic oxidation sites excluding steroid dienone is 1. The molecule has 3 heteroatoms. The second kappa shape index (κ2) is 6.87. The molecule has 1 aliphatic rings. The van der Waals surface area contributed by atoms with Crippen LogP contribution in [0.2, 0.25) is 0 Å². The molecule has 0 spiro atoms. The van der Waals surface area contributed by atoms with Crippen LogP contribution in [0.5, 0.6) is 0 Å². The number of benzene rings is 2. The zero-order chi connectivity index (χ0) is 16.6. The van der Waals surface area contributed by atoms with E-state index in [1.165, 1.54) is 27.8 Å². The Morgan fingerprint density at radius 3 is 2.26 bits per heavy atom. The number of fused-ring (bicyclic) bond motifs is 1. The van der Waals surface area contributed by atoms with Crippen LogP contribution in [0.15, 0.2) is 54.1 Å². The van der Waals surface area contributed by atoms with E-state index in [1.807, 2.05) is 0 Å². The molecule has 1 unspecified atom stereocenters. The van der Waals surface area contributed by atoms with Crippen LogP contribution in [0.3, 0.4) is 0 Å². The SMILES string of the molecule is CC(C)(C)CC1=Cc2c(-c3ccccc3)cccc2[CH]1[Zr]([Cl])[Cl]. The number of rotatable bonds is 3. The molecule has 0 fully saturated rings. The summed E-state index contributed by atoms with van der Waals surface area (Å²) in [5.74, 6) is 0. The number of halogens is 2. The quantitative estimate of drug-likeness (QED) is 0.492. The molecule has 2 aromatic carbocycles. The van der Waals surface area contributed by atoms with Gasteiger partial charge in [-0.15, -0.1) is 0 Å². The first kappa shape index (κ1) is 17.5. The zero-order valence-corrected chi connectivity index (χ0v) is 17.7. The Bertz CT molecular complexity index is 727. The molecular formula is C20H21Cl2Zr. The molecule has 23 heavy (non-hydrogen) atoms. The minimum atomic E-state index is -2.44. The molecule has 2 aromatic rings. The molecule has 1 atom stereocenters. The van der Waals surface area contributed by atoms with E-state index in [4.69, 9.17) is 17.0 Å². The fourth-order valence-corrected chi connectivity index (χ4v) is 8.75. The van der Waals surface area contributed by atoms with E-state index in [-0.39, 0.29) is 5.41 Å². The van der Waals surface area contributed by atoms with Gasteiger partial charge in [0.15, 0.2) is 0 Å². The van der Waals surface area contributed by atoms with E-state index in [2.05, 4.69) is 75.4 Å². The molecular weight excluding hydrogens is 402 g/mol. The molecule has 0 radical (unpaired) electrons. The van der Waals surface area contributed by atoms with Gasteiger partial charge in [-0.05, 0) is 0 Å². The van der Waals surface area contributed by atoms with Gasteiger partial charge < -0.3 is 0 Å². The second-order valence-electron chi connectivity index (χ2n) is 7.35. The Morgan fingerprint density at radius 1 is 0.957 bits per heavy atom. The summed E-state index contributed by atoms with van der Waals surface area (Å²) in [6.45, 7) is 6.83. The number of hydrogen-bond donors (Lipinski definition) is 0. The Labute approximate surface area is 154 Å². The van der Waals surface area contributed by atoms with Gasteiger partial charge in [0.25, 0.3) is 0 Å². The Morgan fingerprint density at radius 2 is 1.65 bits per heavy atom. The zero-order valence-electron chi connectivity index (χ0n) is 13.7. The summed E-state index contributed by atoms with van der Waals surface area (Å²) in [7, 11) is 13.1. The van der Waals surface area contributed by atoms with Crippen LogP contribution in [0.25, 0.3) is 17.2 Å². The fourth-order valence-electron chi connectivity index (χ4n) is 3.36. The van der Waals surface area contributed by atoms with E-state index in [0.717, 1.165) is 6.42 Å². The van der Waals surface area contributed by atoms with Gasteiger partial charge in [0.05, 0.1) is 0 Å². The molecule has 0 nitrogen and oxygen atoms in total. The molecule has 0 aliphatic heterocycles. The van der Waals surface area contributed by atoms with Crippen molar-refractivity contribution in [3.63, 3.8) is 0 Å². The predicted molar refractivity (Wildman–Crippen MR) is 98.4 cm³/mol. The van der Waals surface area contributed by atoms with E-state index < -0.39 is 19.4 Å². The normalized spacial score (nSPS) is 16.9. The van der Waals surface area contributed by atoms with Crippen molar-refractivity contribution < 1.29 is 19.4 Å². The molecule has 0 aromatic heterocycles. The average molecular weight is 424 g/mol. The Balaban J connectivity index is 2.12. The molecule has 0 bridgehead atoms. The maximum absolute atomic E-state index is 6.55. The fraction of sp³-hybridized carbons (Fsp3) is 0.300. The molecule has 3 rings (SSSR count). The van der Waals surface area contributed by atoms with Gasteiger partial charge in [0.2, 0.25) is 0 Å². The first-order chi connectivity index (χ1) is 10.9. The molecule has 0 amide bonds. The van der Waals surface area contributed by atoms with E-state index in [0.29, 0.717) is 3.63 Å². The first-order valence-electron chi connectivity index (χ1n) is 7.93. The second-order valence-corrected chi connectivity index (χ2v) is 16.2. The monoisotopic (exact) mass is 421 g/mol. The van der Waals surface area contributed by atoms with Crippen molar-refractivity contribution in [2.75, 3.05) is 0 Å². The number of hydrogen-bond acceptors (Lipinski definition) is 0. The molecule has 119 valence electrons. The van der Waals surface area contributed by atoms with Crippen molar-refractivity contribution in [3.8, 4) is 11.1 Å². The van der Waals surface area contributed by atoms with Gasteiger partial charge >= 0.3 is 155 Å². The van der Waals surface area contributed by atoms with Crippen molar-refractivity contribution in [1.82, 2.24) is 0 Å². The van der Waals surface area contributed by atoms with Gasteiger partial charge in [-0.3, -0.25) is 0 Å². The van der Waals surface area contributed by atoms with Crippen molar-refractivity contribution in [3.05, 3.63) is 65.2 Å². The van der Waals surface area contributed by atoms with Crippen molar-refractivity contribution in [2.24, 2.45) is 5.41 Å². The van der Waals surface area contributed by atoms with Gasteiger partial charge in [-0.1, -0.05) is 0 Å². The molecule has 0 N–H and O–H groups in total. The van der Waals surface area contributed by atoms with Crippen LogP contribution in [0.4, 0.5) is 0 Å². The van der Waals surface area contributed by atoms with Crippen LogP contribution in [0, 0.1) is 5.41 Å². The first-order valence-corrected chi connectivity index (χ1v) is 15.7. The Kier molecular flexibility index (Phi) is 5.22. The minimum absolute atomic E-state index is 0.241. The summed E-state index contributed by atoms with van der Waals surface area (Å²) in [6.07, 6.45) is 3.41. The topological polar surface area (TPSA) is 0 Å². The van der Waals surface area contributed by atoms with E-state index in [1.54, 1.807) is 0 Å². The van der Waals surface area contributed by atoms with Crippen molar-refractivity contribution in [1.29, 1.82) is 0 Å². The molecule has 0 saturated carbocycles.